The van der Waals surface area contributed by atoms with Crippen LogP contribution in [-0.4, -0.2) is 0 Å². The molecule has 0 aliphatic heterocycles. The predicted molar refractivity (Wildman–Crippen MR) is 57.3 cm³/mol. The van der Waals surface area contributed by atoms with Gasteiger partial charge in [0.25, 0.3) is 0 Å². The van der Waals surface area contributed by atoms with Gasteiger partial charge in [-0.15, -0.1) is 0 Å². The van der Waals surface area contributed by atoms with Gasteiger partial charge < -0.3 is 0 Å². The van der Waals surface area contributed by atoms with Crippen molar-refractivity contribution in [3.8, 4) is 0 Å². The van der Waals surface area contributed by atoms with Gasteiger partial charge in [0, 0.05) is 0 Å². The first-order valence-corrected chi connectivity index (χ1v) is 5.23. The molecule has 0 spiro atoms. The van der Waals surface area contributed by atoms with E-state index in [2.05, 4.69) is 34.3 Å². The second-order valence-corrected chi connectivity index (χ2v) is 4.19. The van der Waals surface area contributed by atoms with Crippen molar-refractivity contribution < 1.29 is 0 Å². The number of hydrogen-bond donors (Lipinski definition) is 0. The molecule has 0 aliphatic carbocycles. The summed E-state index contributed by atoms with van der Waals surface area (Å²) in [5, 5.41) is 0. The molecule has 0 rings (SSSR count). The van der Waals surface area contributed by atoms with Crippen molar-refractivity contribution in [2.75, 3.05) is 0 Å². The van der Waals surface area contributed by atoms with Gasteiger partial charge in [0.05, 0.1) is 0 Å². The molecule has 0 nitrogen and oxygen atoms in total. The Kier molecular flexibility index (Phi) is 6.14. The highest BCUT2D eigenvalue weighted by atomic mass is 14.1. The van der Waals surface area contributed by atoms with Gasteiger partial charge in [-0.25, -0.2) is 0 Å². The molecule has 0 radical (unpaired) electrons. The van der Waals surface area contributed by atoms with E-state index in [4.69, 9.17) is 0 Å². The Balaban J connectivity index is 3.37. The largest absolute Gasteiger partial charge is 0.0999 e. The molecule has 72 valence electrons. The lowest BCUT2D eigenvalue weighted by atomic mass is 9.94. The first kappa shape index (κ1) is 11.7. The van der Waals surface area contributed by atoms with E-state index in [1.54, 1.807) is 0 Å². The van der Waals surface area contributed by atoms with E-state index in [1.165, 1.54) is 31.3 Å². The molecular formula is C12H24. The molecule has 0 amide bonds. The fourth-order valence-corrected chi connectivity index (χ4v) is 1.22. The van der Waals surface area contributed by atoms with Gasteiger partial charge in [-0.3, -0.25) is 0 Å². The molecule has 0 aromatic heterocycles. The standard InChI is InChI=1S/C12H24/c1-6-11(4)8-7-9-12(5)10(2)3/h11-12H,2,6-9H2,1,3-5H3. The SMILES string of the molecule is C=C(C)C(C)CCCC(C)CC. The van der Waals surface area contributed by atoms with E-state index >= 15 is 0 Å². The Morgan fingerprint density at radius 2 is 1.83 bits per heavy atom. The zero-order valence-corrected chi connectivity index (χ0v) is 9.19. The molecule has 0 aliphatic rings. The van der Waals surface area contributed by atoms with E-state index in [0.717, 1.165) is 5.92 Å². The normalized spacial score (nSPS) is 15.7. The highest BCUT2D eigenvalue weighted by Crippen LogP contribution is 2.18. The van der Waals surface area contributed by atoms with Crippen molar-refractivity contribution in [1.82, 2.24) is 0 Å². The maximum absolute atomic E-state index is 3.97. The van der Waals surface area contributed by atoms with E-state index in [0.29, 0.717) is 5.92 Å². The van der Waals surface area contributed by atoms with Gasteiger partial charge in [0.2, 0.25) is 0 Å². The summed E-state index contributed by atoms with van der Waals surface area (Å²) in [4.78, 5) is 0. The second kappa shape index (κ2) is 6.28. The topological polar surface area (TPSA) is 0 Å². The Morgan fingerprint density at radius 1 is 1.25 bits per heavy atom. The van der Waals surface area contributed by atoms with Crippen molar-refractivity contribution in [2.24, 2.45) is 11.8 Å². The van der Waals surface area contributed by atoms with E-state index in [-0.39, 0.29) is 0 Å². The summed E-state index contributed by atoms with van der Waals surface area (Å²) in [5.41, 5.74) is 1.33. The fraction of sp³-hybridized carbons (Fsp3) is 0.833. The summed E-state index contributed by atoms with van der Waals surface area (Å²) in [5.74, 6) is 1.62. The molecule has 0 aromatic rings. The van der Waals surface area contributed by atoms with Crippen LogP contribution in [0.5, 0.6) is 0 Å². The Labute approximate surface area is 78.1 Å². The summed E-state index contributed by atoms with van der Waals surface area (Å²) in [6, 6.07) is 0. The van der Waals surface area contributed by atoms with E-state index in [1.807, 2.05) is 0 Å². The highest BCUT2D eigenvalue weighted by molar-refractivity contribution is 4.93. The lowest BCUT2D eigenvalue weighted by molar-refractivity contribution is 0.456. The van der Waals surface area contributed by atoms with Crippen molar-refractivity contribution in [2.45, 2.75) is 53.4 Å². The Morgan fingerprint density at radius 3 is 2.25 bits per heavy atom. The van der Waals surface area contributed by atoms with Crippen LogP contribution >= 0.6 is 0 Å². The lowest BCUT2D eigenvalue weighted by Crippen LogP contribution is -1.98. The van der Waals surface area contributed by atoms with Gasteiger partial charge in [-0.2, -0.15) is 0 Å². The number of rotatable bonds is 6. The molecule has 2 unspecified atom stereocenters. The summed E-state index contributed by atoms with van der Waals surface area (Å²) in [7, 11) is 0. The van der Waals surface area contributed by atoms with Crippen LogP contribution in [0.25, 0.3) is 0 Å². The average molecular weight is 168 g/mol. The summed E-state index contributed by atoms with van der Waals surface area (Å²) in [6.45, 7) is 13.0. The number of allylic oxidation sites excluding steroid dienone is 1. The third-order valence-electron chi connectivity index (χ3n) is 2.87. The quantitative estimate of drug-likeness (QED) is 0.515. The molecule has 2 atom stereocenters. The molecule has 0 bridgehead atoms. The summed E-state index contributed by atoms with van der Waals surface area (Å²) >= 11 is 0. The zero-order valence-electron chi connectivity index (χ0n) is 9.19. The highest BCUT2D eigenvalue weighted by Gasteiger charge is 2.03. The third-order valence-corrected chi connectivity index (χ3v) is 2.87. The van der Waals surface area contributed by atoms with Crippen molar-refractivity contribution >= 4 is 0 Å². The molecule has 0 saturated carbocycles. The first-order chi connectivity index (χ1) is 5.57. The minimum atomic E-state index is 0.717. The van der Waals surface area contributed by atoms with Crippen LogP contribution in [0.2, 0.25) is 0 Å². The van der Waals surface area contributed by atoms with E-state index in [9.17, 15) is 0 Å². The lowest BCUT2D eigenvalue weighted by Gasteiger charge is -2.12. The Hall–Kier alpha value is -0.260. The zero-order chi connectivity index (χ0) is 9.56. The van der Waals surface area contributed by atoms with Crippen LogP contribution in [-0.2, 0) is 0 Å². The van der Waals surface area contributed by atoms with Gasteiger partial charge >= 0.3 is 0 Å². The molecule has 0 saturated heterocycles. The average Bonchev–Trinajstić information content (AvgIpc) is 2.03. The minimum Gasteiger partial charge on any atom is -0.0999 e. The molecule has 0 aromatic carbocycles. The van der Waals surface area contributed by atoms with Crippen LogP contribution < -0.4 is 0 Å². The smallest absolute Gasteiger partial charge is 0.0237 e. The molecule has 0 heterocycles. The monoisotopic (exact) mass is 168 g/mol. The van der Waals surface area contributed by atoms with Crippen LogP contribution in [0.15, 0.2) is 12.2 Å². The van der Waals surface area contributed by atoms with Crippen LogP contribution in [0.4, 0.5) is 0 Å². The van der Waals surface area contributed by atoms with Crippen LogP contribution in [0.3, 0.4) is 0 Å². The van der Waals surface area contributed by atoms with Gasteiger partial charge in [0.1, 0.15) is 0 Å². The molecule has 0 fully saturated rings. The van der Waals surface area contributed by atoms with Gasteiger partial charge in [-0.1, -0.05) is 52.2 Å². The van der Waals surface area contributed by atoms with Gasteiger partial charge in [0.15, 0.2) is 0 Å². The molecular weight excluding hydrogens is 144 g/mol. The van der Waals surface area contributed by atoms with E-state index < -0.39 is 0 Å². The second-order valence-electron chi connectivity index (χ2n) is 4.19. The molecule has 0 N–H and O–H groups in total. The number of hydrogen-bond acceptors (Lipinski definition) is 0. The third kappa shape index (κ3) is 5.40. The maximum Gasteiger partial charge on any atom is -0.0237 e. The van der Waals surface area contributed by atoms with Crippen LogP contribution in [0, 0.1) is 11.8 Å². The maximum atomic E-state index is 3.97. The summed E-state index contributed by atoms with van der Waals surface area (Å²) < 4.78 is 0. The van der Waals surface area contributed by atoms with Crippen molar-refractivity contribution in [3.63, 3.8) is 0 Å². The summed E-state index contributed by atoms with van der Waals surface area (Å²) in [6.07, 6.45) is 5.39. The predicted octanol–water partition coefficient (Wildman–Crippen LogP) is 4.42. The fourth-order valence-electron chi connectivity index (χ4n) is 1.22. The van der Waals surface area contributed by atoms with Gasteiger partial charge in [-0.05, 0) is 25.2 Å². The van der Waals surface area contributed by atoms with Crippen molar-refractivity contribution in [1.29, 1.82) is 0 Å². The minimum absolute atomic E-state index is 0.717. The van der Waals surface area contributed by atoms with Crippen LogP contribution in [0.1, 0.15) is 53.4 Å². The Bertz CT molecular complexity index is 124. The molecule has 0 heteroatoms. The van der Waals surface area contributed by atoms with Crippen molar-refractivity contribution in [3.05, 3.63) is 12.2 Å². The first-order valence-electron chi connectivity index (χ1n) is 5.23. The molecule has 12 heavy (non-hydrogen) atoms.